The van der Waals surface area contributed by atoms with Crippen molar-refractivity contribution in [3.05, 3.63) is 30.1 Å². The number of carbonyl (C=O) groups excluding carboxylic acids is 3. The number of halogens is 1. The van der Waals surface area contributed by atoms with E-state index >= 15 is 0 Å². The number of carbonyl (C=O) groups is 3. The van der Waals surface area contributed by atoms with E-state index in [0.717, 1.165) is 15.3 Å². The molecule has 0 radical (unpaired) electrons. The van der Waals surface area contributed by atoms with Gasteiger partial charge in [0.25, 0.3) is 5.91 Å². The number of sulfonamides is 1. The van der Waals surface area contributed by atoms with Crippen LogP contribution >= 0.6 is 0 Å². The van der Waals surface area contributed by atoms with Crippen LogP contribution in [-0.4, -0.2) is 78.6 Å². The Hall–Kier alpha value is -2.53. The quantitative estimate of drug-likeness (QED) is 0.700. The Kier molecular flexibility index (Phi) is 5.15. The van der Waals surface area contributed by atoms with E-state index in [-0.39, 0.29) is 26.2 Å². The van der Waals surface area contributed by atoms with Crippen molar-refractivity contribution in [2.45, 2.75) is 24.3 Å². The van der Waals surface area contributed by atoms with E-state index in [4.69, 9.17) is 0 Å². The van der Waals surface area contributed by atoms with Crippen molar-refractivity contribution in [2.75, 3.05) is 32.7 Å². The molecule has 152 valence electrons. The summed E-state index contributed by atoms with van der Waals surface area (Å²) in [5, 5.41) is 2.50. The number of piperazine rings is 1. The Morgan fingerprint density at radius 3 is 2.29 bits per heavy atom. The second-order valence-electron chi connectivity index (χ2n) is 7.16. The summed E-state index contributed by atoms with van der Waals surface area (Å²) in [6.45, 7) is 2.84. The van der Waals surface area contributed by atoms with Crippen LogP contribution < -0.4 is 5.32 Å². The molecule has 0 aromatic heterocycles. The van der Waals surface area contributed by atoms with Crippen LogP contribution in [0.2, 0.25) is 0 Å². The summed E-state index contributed by atoms with van der Waals surface area (Å²) in [5.74, 6) is -1.78. The number of imide groups is 1. The maximum absolute atomic E-state index is 13.9. The molecule has 0 unspecified atom stereocenters. The van der Waals surface area contributed by atoms with E-state index in [9.17, 15) is 27.2 Å². The Balaban J connectivity index is 1.63. The summed E-state index contributed by atoms with van der Waals surface area (Å²) >= 11 is 0. The normalized spacial score (nSPS) is 20.4. The van der Waals surface area contributed by atoms with Gasteiger partial charge in [0.05, 0.1) is 0 Å². The zero-order chi connectivity index (χ0) is 20.7. The van der Waals surface area contributed by atoms with Crippen LogP contribution in [0.25, 0.3) is 0 Å². The van der Waals surface area contributed by atoms with Crippen molar-refractivity contribution in [3.63, 3.8) is 0 Å². The van der Waals surface area contributed by atoms with E-state index in [0.29, 0.717) is 0 Å². The standard InChI is InChI=1S/C17H21FN4O5S/c1-17(2)15(24)22(16(25)19-17)11-14(23)20-7-9-21(10-8-20)28(26,27)13-6-4-3-5-12(13)18/h3-6H,7-11H2,1-2H3,(H,19,25). The van der Waals surface area contributed by atoms with Gasteiger partial charge in [-0.1, -0.05) is 12.1 Å². The van der Waals surface area contributed by atoms with E-state index < -0.39 is 50.7 Å². The molecule has 28 heavy (non-hydrogen) atoms. The zero-order valence-corrected chi connectivity index (χ0v) is 16.3. The average molecular weight is 412 g/mol. The Labute approximate surface area is 162 Å². The minimum Gasteiger partial charge on any atom is -0.338 e. The molecule has 1 aromatic carbocycles. The smallest absolute Gasteiger partial charge is 0.325 e. The molecule has 2 aliphatic heterocycles. The van der Waals surface area contributed by atoms with Gasteiger partial charge in [-0.05, 0) is 26.0 Å². The monoisotopic (exact) mass is 412 g/mol. The molecule has 0 atom stereocenters. The highest BCUT2D eigenvalue weighted by molar-refractivity contribution is 7.89. The molecule has 4 amide bonds. The first-order valence-corrected chi connectivity index (χ1v) is 10.1. The summed E-state index contributed by atoms with van der Waals surface area (Å²) in [6, 6.07) is 4.48. The molecule has 1 N–H and O–H groups in total. The van der Waals surface area contributed by atoms with Gasteiger partial charge >= 0.3 is 6.03 Å². The molecule has 0 saturated carbocycles. The third kappa shape index (κ3) is 3.59. The van der Waals surface area contributed by atoms with Gasteiger partial charge in [0, 0.05) is 26.2 Å². The fraction of sp³-hybridized carbons (Fsp3) is 0.471. The average Bonchev–Trinajstić information content (AvgIpc) is 2.83. The molecule has 11 heteroatoms. The van der Waals surface area contributed by atoms with Crippen molar-refractivity contribution in [2.24, 2.45) is 0 Å². The number of hydrogen-bond acceptors (Lipinski definition) is 5. The molecule has 2 saturated heterocycles. The lowest BCUT2D eigenvalue weighted by molar-refractivity contribution is -0.139. The molecule has 2 fully saturated rings. The number of urea groups is 1. The van der Waals surface area contributed by atoms with Gasteiger partial charge in [-0.3, -0.25) is 14.5 Å². The van der Waals surface area contributed by atoms with Gasteiger partial charge in [0.15, 0.2) is 0 Å². The highest BCUT2D eigenvalue weighted by atomic mass is 32.2. The molecular formula is C17H21FN4O5S. The van der Waals surface area contributed by atoms with E-state index in [2.05, 4.69) is 5.32 Å². The Bertz CT molecular complexity index is 925. The van der Waals surface area contributed by atoms with Gasteiger partial charge in [-0.25, -0.2) is 17.6 Å². The molecule has 3 rings (SSSR count). The summed E-state index contributed by atoms with van der Waals surface area (Å²) in [5.41, 5.74) is -1.07. The van der Waals surface area contributed by atoms with Crippen LogP contribution in [0.15, 0.2) is 29.2 Å². The summed E-state index contributed by atoms with van der Waals surface area (Å²) < 4.78 is 40.2. The van der Waals surface area contributed by atoms with Crippen LogP contribution in [0.5, 0.6) is 0 Å². The topological polar surface area (TPSA) is 107 Å². The third-order valence-corrected chi connectivity index (χ3v) is 6.72. The lowest BCUT2D eigenvalue weighted by atomic mass is 10.1. The van der Waals surface area contributed by atoms with Crippen molar-refractivity contribution < 1.29 is 27.2 Å². The number of nitrogens with one attached hydrogen (secondary N) is 1. The molecule has 0 spiro atoms. The minimum atomic E-state index is -4.01. The SMILES string of the molecule is CC1(C)NC(=O)N(CC(=O)N2CCN(S(=O)(=O)c3ccccc3F)CC2)C1=O. The van der Waals surface area contributed by atoms with E-state index in [1.54, 1.807) is 13.8 Å². The van der Waals surface area contributed by atoms with E-state index in [1.807, 2.05) is 0 Å². The minimum absolute atomic E-state index is 0.00591. The van der Waals surface area contributed by atoms with E-state index in [1.165, 1.54) is 23.1 Å². The predicted molar refractivity (Wildman–Crippen MR) is 96.1 cm³/mol. The first-order chi connectivity index (χ1) is 13.0. The fourth-order valence-electron chi connectivity index (χ4n) is 3.17. The predicted octanol–water partition coefficient (Wildman–Crippen LogP) is -0.0110. The first-order valence-electron chi connectivity index (χ1n) is 8.70. The molecule has 0 aliphatic carbocycles. The van der Waals surface area contributed by atoms with Gasteiger partial charge in [0.2, 0.25) is 15.9 Å². The first kappa shape index (κ1) is 20.2. The molecule has 0 bridgehead atoms. The zero-order valence-electron chi connectivity index (χ0n) is 15.5. The van der Waals surface area contributed by atoms with Crippen molar-refractivity contribution in [3.8, 4) is 0 Å². The maximum Gasteiger partial charge on any atom is 0.325 e. The fourth-order valence-corrected chi connectivity index (χ4v) is 4.65. The van der Waals surface area contributed by atoms with Gasteiger partial charge in [0.1, 0.15) is 22.8 Å². The number of nitrogens with zero attached hydrogens (tertiary/aromatic N) is 3. The maximum atomic E-state index is 13.9. The number of benzene rings is 1. The van der Waals surface area contributed by atoms with Crippen LogP contribution in [0.1, 0.15) is 13.8 Å². The summed E-state index contributed by atoms with van der Waals surface area (Å²) in [6.07, 6.45) is 0. The van der Waals surface area contributed by atoms with Gasteiger partial charge < -0.3 is 10.2 Å². The van der Waals surface area contributed by atoms with Crippen LogP contribution in [-0.2, 0) is 19.6 Å². The van der Waals surface area contributed by atoms with Gasteiger partial charge in [-0.15, -0.1) is 0 Å². The lowest BCUT2D eigenvalue weighted by Crippen LogP contribution is -2.53. The molecule has 2 aliphatic rings. The molecule has 9 nitrogen and oxygen atoms in total. The number of hydrogen-bond donors (Lipinski definition) is 1. The Morgan fingerprint density at radius 2 is 1.75 bits per heavy atom. The second kappa shape index (κ2) is 7.13. The summed E-state index contributed by atoms with van der Waals surface area (Å²) in [7, 11) is -4.01. The number of rotatable bonds is 4. The van der Waals surface area contributed by atoms with Crippen molar-refractivity contribution in [1.29, 1.82) is 0 Å². The highest BCUT2D eigenvalue weighted by Crippen LogP contribution is 2.21. The number of amides is 4. The summed E-state index contributed by atoms with van der Waals surface area (Å²) in [4.78, 5) is 38.4. The Morgan fingerprint density at radius 1 is 1.14 bits per heavy atom. The van der Waals surface area contributed by atoms with Crippen LogP contribution in [0.3, 0.4) is 0 Å². The largest absolute Gasteiger partial charge is 0.338 e. The van der Waals surface area contributed by atoms with Crippen LogP contribution in [0, 0.1) is 5.82 Å². The molecular weight excluding hydrogens is 391 g/mol. The molecule has 2 heterocycles. The second-order valence-corrected chi connectivity index (χ2v) is 9.07. The molecule has 1 aromatic rings. The van der Waals surface area contributed by atoms with Crippen LogP contribution in [0.4, 0.5) is 9.18 Å². The van der Waals surface area contributed by atoms with Gasteiger partial charge in [-0.2, -0.15) is 4.31 Å². The van der Waals surface area contributed by atoms with Crippen molar-refractivity contribution >= 4 is 27.9 Å². The highest BCUT2D eigenvalue weighted by Gasteiger charge is 2.45. The third-order valence-electron chi connectivity index (χ3n) is 4.78. The van der Waals surface area contributed by atoms with Crippen molar-refractivity contribution in [1.82, 2.24) is 19.4 Å². The lowest BCUT2D eigenvalue weighted by Gasteiger charge is -2.34.